The highest BCUT2D eigenvalue weighted by atomic mass is 16.4. The quantitative estimate of drug-likeness (QED) is 0.614. The van der Waals surface area contributed by atoms with Gasteiger partial charge in [-0.05, 0) is 31.6 Å². The van der Waals surface area contributed by atoms with Gasteiger partial charge in [0, 0.05) is 6.42 Å². The molecule has 1 aliphatic heterocycles. The number of carbonyl (C=O) groups excluding carboxylic acids is 1. The van der Waals surface area contributed by atoms with Crippen molar-refractivity contribution in [2.75, 3.05) is 0 Å². The van der Waals surface area contributed by atoms with Crippen molar-refractivity contribution < 1.29 is 14.7 Å². The van der Waals surface area contributed by atoms with Crippen molar-refractivity contribution in [3.8, 4) is 0 Å². The van der Waals surface area contributed by atoms with E-state index in [0.29, 0.717) is 12.0 Å². The molecule has 2 fully saturated rings. The minimum absolute atomic E-state index is 0.0507. The molecule has 3 atom stereocenters. The van der Waals surface area contributed by atoms with Crippen LogP contribution < -0.4 is 10.6 Å². The summed E-state index contributed by atoms with van der Waals surface area (Å²) in [5, 5.41) is 14.4. The standard InChI is InChI=1S/C11H18N2O3/c14-9(15)4-2-1-3-7-5-6-8-10(7)13-11(16)12-8/h7-8,10H,1-6H2,(H,14,15)(H2,12,13,16)/t7?,8-,10+/m1/s1. The molecule has 0 bridgehead atoms. The zero-order valence-electron chi connectivity index (χ0n) is 9.24. The summed E-state index contributed by atoms with van der Waals surface area (Å²) < 4.78 is 0. The average Bonchev–Trinajstić information content (AvgIpc) is 2.72. The van der Waals surface area contributed by atoms with Crippen LogP contribution in [0.4, 0.5) is 4.79 Å². The molecule has 5 heteroatoms. The smallest absolute Gasteiger partial charge is 0.315 e. The van der Waals surface area contributed by atoms with Crippen molar-refractivity contribution >= 4 is 12.0 Å². The molecule has 0 aromatic heterocycles. The van der Waals surface area contributed by atoms with E-state index in [2.05, 4.69) is 10.6 Å². The van der Waals surface area contributed by atoms with Gasteiger partial charge in [0.15, 0.2) is 0 Å². The van der Waals surface area contributed by atoms with E-state index in [1.807, 2.05) is 0 Å². The van der Waals surface area contributed by atoms with Crippen LogP contribution in [0.5, 0.6) is 0 Å². The molecule has 1 unspecified atom stereocenters. The van der Waals surface area contributed by atoms with Crippen molar-refractivity contribution in [3.63, 3.8) is 0 Å². The van der Waals surface area contributed by atoms with Crippen LogP contribution in [0.2, 0.25) is 0 Å². The summed E-state index contributed by atoms with van der Waals surface area (Å²) in [4.78, 5) is 21.5. The number of rotatable bonds is 5. The topological polar surface area (TPSA) is 78.4 Å². The van der Waals surface area contributed by atoms with Gasteiger partial charge >= 0.3 is 12.0 Å². The number of amides is 2. The van der Waals surface area contributed by atoms with Gasteiger partial charge < -0.3 is 15.7 Å². The Balaban J connectivity index is 1.70. The Morgan fingerprint density at radius 2 is 2.12 bits per heavy atom. The molecule has 2 rings (SSSR count). The van der Waals surface area contributed by atoms with Gasteiger partial charge in [-0.15, -0.1) is 0 Å². The maximum atomic E-state index is 11.1. The molecule has 0 aromatic rings. The van der Waals surface area contributed by atoms with Gasteiger partial charge in [-0.3, -0.25) is 4.79 Å². The van der Waals surface area contributed by atoms with Crippen molar-refractivity contribution in [3.05, 3.63) is 0 Å². The third-order valence-corrected chi connectivity index (χ3v) is 3.62. The summed E-state index contributed by atoms with van der Waals surface area (Å²) in [5.41, 5.74) is 0. The van der Waals surface area contributed by atoms with Crippen LogP contribution in [-0.2, 0) is 4.79 Å². The van der Waals surface area contributed by atoms with E-state index >= 15 is 0 Å². The number of aliphatic carboxylic acids is 1. The Morgan fingerprint density at radius 1 is 1.31 bits per heavy atom. The largest absolute Gasteiger partial charge is 0.481 e. The molecule has 2 aliphatic rings. The number of hydrogen-bond donors (Lipinski definition) is 3. The average molecular weight is 226 g/mol. The lowest BCUT2D eigenvalue weighted by molar-refractivity contribution is -0.137. The second-order valence-electron chi connectivity index (χ2n) is 4.73. The zero-order chi connectivity index (χ0) is 11.5. The first-order valence-electron chi connectivity index (χ1n) is 5.95. The Hall–Kier alpha value is -1.26. The summed E-state index contributed by atoms with van der Waals surface area (Å²) in [5.74, 6) is -0.196. The molecular formula is C11H18N2O3. The fraction of sp³-hybridized carbons (Fsp3) is 0.818. The normalized spacial score (nSPS) is 32.0. The number of urea groups is 1. The van der Waals surface area contributed by atoms with Crippen LogP contribution in [0.3, 0.4) is 0 Å². The first-order chi connectivity index (χ1) is 7.66. The van der Waals surface area contributed by atoms with E-state index in [0.717, 1.165) is 32.1 Å². The number of unbranched alkanes of at least 4 members (excludes halogenated alkanes) is 1. The highest BCUT2D eigenvalue weighted by Gasteiger charge is 2.41. The highest BCUT2D eigenvalue weighted by Crippen LogP contribution is 2.32. The van der Waals surface area contributed by atoms with Gasteiger partial charge in [0.05, 0.1) is 12.1 Å². The Kier molecular flexibility index (Phi) is 3.31. The summed E-state index contributed by atoms with van der Waals surface area (Å²) >= 11 is 0. The molecule has 0 radical (unpaired) electrons. The van der Waals surface area contributed by atoms with Crippen molar-refractivity contribution in [1.29, 1.82) is 0 Å². The predicted octanol–water partition coefficient (Wildman–Crippen LogP) is 1.09. The van der Waals surface area contributed by atoms with Crippen LogP contribution in [0.15, 0.2) is 0 Å². The molecule has 16 heavy (non-hydrogen) atoms. The van der Waals surface area contributed by atoms with Crippen molar-refractivity contribution in [2.45, 2.75) is 50.6 Å². The monoisotopic (exact) mass is 226 g/mol. The summed E-state index contributed by atoms with van der Waals surface area (Å²) in [6, 6.07) is 0.527. The van der Waals surface area contributed by atoms with Gasteiger partial charge in [0.1, 0.15) is 0 Å². The summed E-state index contributed by atoms with van der Waals surface area (Å²) in [6.07, 6.45) is 5.14. The molecule has 3 N–H and O–H groups in total. The minimum Gasteiger partial charge on any atom is -0.481 e. The first kappa shape index (κ1) is 11.2. The SMILES string of the molecule is O=C(O)CCCCC1CC[C@H]2NC(=O)N[C@@H]12. The molecule has 90 valence electrons. The highest BCUT2D eigenvalue weighted by molar-refractivity contribution is 5.77. The lowest BCUT2D eigenvalue weighted by Gasteiger charge is -2.17. The maximum absolute atomic E-state index is 11.1. The van der Waals surface area contributed by atoms with Crippen LogP contribution >= 0.6 is 0 Å². The molecule has 0 aromatic carbocycles. The van der Waals surface area contributed by atoms with Gasteiger partial charge in [0.25, 0.3) is 0 Å². The molecule has 2 amide bonds. The van der Waals surface area contributed by atoms with E-state index in [-0.39, 0.29) is 18.5 Å². The molecule has 1 saturated carbocycles. The lowest BCUT2D eigenvalue weighted by Crippen LogP contribution is -2.33. The Labute approximate surface area is 94.6 Å². The summed E-state index contributed by atoms with van der Waals surface area (Å²) in [7, 11) is 0. The van der Waals surface area contributed by atoms with Gasteiger partial charge in [-0.1, -0.05) is 6.42 Å². The molecule has 1 aliphatic carbocycles. The number of carboxylic acid groups (broad SMARTS) is 1. The van der Waals surface area contributed by atoms with Gasteiger partial charge in [-0.2, -0.15) is 0 Å². The molecule has 5 nitrogen and oxygen atoms in total. The number of nitrogens with one attached hydrogen (secondary N) is 2. The number of carbonyl (C=O) groups is 2. The summed E-state index contributed by atoms with van der Waals surface area (Å²) in [6.45, 7) is 0. The second kappa shape index (κ2) is 4.72. The third kappa shape index (κ3) is 2.46. The predicted molar refractivity (Wildman–Crippen MR) is 58.1 cm³/mol. The second-order valence-corrected chi connectivity index (χ2v) is 4.73. The molecule has 1 saturated heterocycles. The van der Waals surface area contributed by atoms with Crippen molar-refractivity contribution in [1.82, 2.24) is 10.6 Å². The Bertz CT molecular complexity index is 293. The maximum Gasteiger partial charge on any atom is 0.315 e. The zero-order valence-corrected chi connectivity index (χ0v) is 9.24. The van der Waals surface area contributed by atoms with Gasteiger partial charge in [0.2, 0.25) is 0 Å². The number of carboxylic acids is 1. The minimum atomic E-state index is -0.722. The van der Waals surface area contributed by atoms with Crippen LogP contribution in [0.1, 0.15) is 38.5 Å². The van der Waals surface area contributed by atoms with Crippen LogP contribution in [0, 0.1) is 5.92 Å². The van der Waals surface area contributed by atoms with E-state index in [4.69, 9.17) is 5.11 Å². The third-order valence-electron chi connectivity index (χ3n) is 3.62. The number of hydrogen-bond acceptors (Lipinski definition) is 2. The fourth-order valence-corrected chi connectivity index (χ4v) is 2.83. The molecule has 1 heterocycles. The molecular weight excluding hydrogens is 208 g/mol. The van der Waals surface area contributed by atoms with Crippen LogP contribution in [-0.4, -0.2) is 29.2 Å². The van der Waals surface area contributed by atoms with E-state index in [1.165, 1.54) is 0 Å². The van der Waals surface area contributed by atoms with E-state index in [1.54, 1.807) is 0 Å². The fourth-order valence-electron chi connectivity index (χ4n) is 2.83. The molecule has 0 spiro atoms. The van der Waals surface area contributed by atoms with Crippen LogP contribution in [0.25, 0.3) is 0 Å². The van der Waals surface area contributed by atoms with E-state index < -0.39 is 5.97 Å². The first-order valence-corrected chi connectivity index (χ1v) is 5.95. The van der Waals surface area contributed by atoms with Crippen molar-refractivity contribution in [2.24, 2.45) is 5.92 Å². The Morgan fingerprint density at radius 3 is 2.88 bits per heavy atom. The lowest BCUT2D eigenvalue weighted by atomic mass is 9.96. The number of fused-ring (bicyclic) bond motifs is 1. The van der Waals surface area contributed by atoms with Gasteiger partial charge in [-0.25, -0.2) is 4.79 Å². The van der Waals surface area contributed by atoms with E-state index in [9.17, 15) is 9.59 Å².